The highest BCUT2D eigenvalue weighted by Gasteiger charge is 2.21. The Morgan fingerprint density at radius 3 is 2.46 bits per heavy atom. The molecule has 0 bridgehead atoms. The lowest BCUT2D eigenvalue weighted by molar-refractivity contribution is 0.270. The first-order valence-electron chi connectivity index (χ1n) is 8.53. The van der Waals surface area contributed by atoms with Gasteiger partial charge in [0.2, 0.25) is 0 Å². The molecule has 0 aliphatic rings. The normalized spacial score (nSPS) is 12.8. The van der Waals surface area contributed by atoms with E-state index in [1.807, 2.05) is 12.1 Å². The first-order chi connectivity index (χ1) is 11.6. The summed E-state index contributed by atoms with van der Waals surface area (Å²) in [5.74, 6) is 1.95. The summed E-state index contributed by atoms with van der Waals surface area (Å²) in [6.07, 6.45) is 3.33. The smallest absolute Gasteiger partial charge is 0.191 e. The van der Waals surface area contributed by atoms with E-state index in [0.29, 0.717) is 6.04 Å². The molecular weight excluding hydrogens is 340 g/mol. The maximum absolute atomic E-state index is 5.96. The van der Waals surface area contributed by atoms with E-state index in [-0.39, 0.29) is 0 Å². The standard InChI is InChI=1S/C18H27ClN4S/c1-5-7-12-23-17(16(6-2)22(3)4)20-21-18(23)24-13-14-8-10-15(19)11-9-14/h8-11,16H,5-7,12-13H2,1-4H3. The molecule has 1 aromatic heterocycles. The molecule has 1 unspecified atom stereocenters. The van der Waals surface area contributed by atoms with Gasteiger partial charge in [0.1, 0.15) is 0 Å². The first kappa shape index (κ1) is 19.3. The van der Waals surface area contributed by atoms with Crippen LogP contribution in [0.3, 0.4) is 0 Å². The van der Waals surface area contributed by atoms with Crippen molar-refractivity contribution in [2.75, 3.05) is 14.1 Å². The minimum absolute atomic E-state index is 0.305. The van der Waals surface area contributed by atoms with Gasteiger partial charge in [-0.1, -0.05) is 55.8 Å². The third-order valence-corrected chi connectivity index (χ3v) is 5.36. The van der Waals surface area contributed by atoms with Gasteiger partial charge in [-0.05, 0) is 44.6 Å². The Balaban J connectivity index is 2.18. The fraction of sp³-hybridized carbons (Fsp3) is 0.556. The number of hydrogen-bond acceptors (Lipinski definition) is 4. The Morgan fingerprint density at radius 2 is 1.88 bits per heavy atom. The lowest BCUT2D eigenvalue weighted by atomic mass is 10.2. The maximum Gasteiger partial charge on any atom is 0.191 e. The van der Waals surface area contributed by atoms with E-state index >= 15 is 0 Å². The molecule has 1 aromatic carbocycles. The van der Waals surface area contributed by atoms with Gasteiger partial charge < -0.3 is 4.57 Å². The molecule has 4 nitrogen and oxygen atoms in total. The van der Waals surface area contributed by atoms with Crippen LogP contribution >= 0.6 is 23.4 Å². The van der Waals surface area contributed by atoms with Crippen LogP contribution in [0.2, 0.25) is 5.02 Å². The highest BCUT2D eigenvalue weighted by atomic mass is 35.5. The fourth-order valence-corrected chi connectivity index (χ4v) is 3.74. The van der Waals surface area contributed by atoms with Gasteiger partial charge >= 0.3 is 0 Å². The van der Waals surface area contributed by atoms with Crippen molar-refractivity contribution in [2.45, 2.75) is 56.6 Å². The quantitative estimate of drug-likeness (QED) is 0.582. The topological polar surface area (TPSA) is 34.0 Å². The van der Waals surface area contributed by atoms with Crippen molar-refractivity contribution in [1.29, 1.82) is 0 Å². The van der Waals surface area contributed by atoms with Crippen LogP contribution in [0.5, 0.6) is 0 Å². The maximum atomic E-state index is 5.96. The van der Waals surface area contributed by atoms with Crippen LogP contribution in [0.4, 0.5) is 0 Å². The zero-order chi connectivity index (χ0) is 17.5. The Labute approximate surface area is 154 Å². The minimum Gasteiger partial charge on any atom is -0.305 e. The summed E-state index contributed by atoms with van der Waals surface area (Å²) >= 11 is 7.70. The summed E-state index contributed by atoms with van der Waals surface area (Å²) in [4.78, 5) is 2.22. The van der Waals surface area contributed by atoms with Crippen molar-refractivity contribution >= 4 is 23.4 Å². The molecule has 0 saturated heterocycles. The molecule has 0 radical (unpaired) electrons. The van der Waals surface area contributed by atoms with Crippen LogP contribution in [0.25, 0.3) is 0 Å². The van der Waals surface area contributed by atoms with Crippen molar-refractivity contribution in [1.82, 2.24) is 19.7 Å². The number of halogens is 1. The monoisotopic (exact) mass is 366 g/mol. The SMILES string of the molecule is CCCCn1c(SCc2ccc(Cl)cc2)nnc1C(CC)N(C)C. The lowest BCUT2D eigenvalue weighted by Crippen LogP contribution is -2.23. The van der Waals surface area contributed by atoms with Gasteiger partial charge in [0.15, 0.2) is 11.0 Å². The van der Waals surface area contributed by atoms with Gasteiger partial charge in [0.25, 0.3) is 0 Å². The second-order valence-corrected chi connectivity index (χ2v) is 7.53. The van der Waals surface area contributed by atoms with Gasteiger partial charge in [-0.25, -0.2) is 0 Å². The van der Waals surface area contributed by atoms with E-state index < -0.39 is 0 Å². The Bertz CT molecular complexity index is 624. The van der Waals surface area contributed by atoms with Crippen LogP contribution < -0.4 is 0 Å². The van der Waals surface area contributed by atoms with Crippen molar-refractivity contribution in [2.24, 2.45) is 0 Å². The van der Waals surface area contributed by atoms with Crippen molar-refractivity contribution in [3.8, 4) is 0 Å². The molecule has 0 aliphatic heterocycles. The molecule has 24 heavy (non-hydrogen) atoms. The summed E-state index contributed by atoms with van der Waals surface area (Å²) in [5.41, 5.74) is 1.25. The van der Waals surface area contributed by atoms with E-state index in [9.17, 15) is 0 Å². The zero-order valence-electron chi connectivity index (χ0n) is 15.0. The number of nitrogens with zero attached hydrogens (tertiary/aromatic N) is 4. The van der Waals surface area contributed by atoms with Gasteiger partial charge in [-0.3, -0.25) is 4.90 Å². The molecule has 1 heterocycles. The molecule has 2 aromatic rings. The summed E-state index contributed by atoms with van der Waals surface area (Å²) in [5, 5.41) is 10.8. The fourth-order valence-electron chi connectivity index (χ4n) is 2.69. The van der Waals surface area contributed by atoms with Gasteiger partial charge in [-0.2, -0.15) is 0 Å². The van der Waals surface area contributed by atoms with Crippen molar-refractivity contribution < 1.29 is 0 Å². The lowest BCUT2D eigenvalue weighted by Gasteiger charge is -2.23. The molecule has 0 saturated carbocycles. The Morgan fingerprint density at radius 1 is 1.17 bits per heavy atom. The van der Waals surface area contributed by atoms with Crippen LogP contribution in [0, 0.1) is 0 Å². The molecule has 6 heteroatoms. The third-order valence-electron chi connectivity index (χ3n) is 4.07. The average molecular weight is 367 g/mol. The average Bonchev–Trinajstić information content (AvgIpc) is 2.95. The minimum atomic E-state index is 0.305. The summed E-state index contributed by atoms with van der Waals surface area (Å²) in [6, 6.07) is 8.31. The highest BCUT2D eigenvalue weighted by Crippen LogP contribution is 2.27. The highest BCUT2D eigenvalue weighted by molar-refractivity contribution is 7.98. The summed E-state index contributed by atoms with van der Waals surface area (Å²) in [7, 11) is 4.21. The molecule has 132 valence electrons. The number of benzene rings is 1. The number of hydrogen-bond donors (Lipinski definition) is 0. The number of unbranched alkanes of at least 4 members (excludes halogenated alkanes) is 1. The predicted octanol–water partition coefficient (Wildman–Crippen LogP) is 5.04. The van der Waals surface area contributed by atoms with Crippen LogP contribution in [0.1, 0.15) is 50.5 Å². The second kappa shape index (κ2) is 9.44. The Hall–Kier alpha value is -1.04. The van der Waals surface area contributed by atoms with E-state index in [1.165, 1.54) is 5.56 Å². The van der Waals surface area contributed by atoms with E-state index in [4.69, 9.17) is 11.6 Å². The molecule has 0 N–H and O–H groups in total. The molecular formula is C18H27ClN4S. The number of rotatable bonds is 9. The molecule has 0 spiro atoms. The van der Waals surface area contributed by atoms with Crippen molar-refractivity contribution in [3.05, 3.63) is 40.7 Å². The summed E-state index contributed by atoms with van der Waals surface area (Å²) in [6.45, 7) is 5.39. The Kier molecular flexibility index (Phi) is 7.59. The second-order valence-electron chi connectivity index (χ2n) is 6.15. The molecule has 0 amide bonds. The molecule has 0 fully saturated rings. The molecule has 1 atom stereocenters. The van der Waals surface area contributed by atoms with Crippen molar-refractivity contribution in [3.63, 3.8) is 0 Å². The van der Waals surface area contributed by atoms with E-state index in [2.05, 4.69) is 59.7 Å². The number of aromatic nitrogens is 3. The summed E-state index contributed by atoms with van der Waals surface area (Å²) < 4.78 is 2.30. The zero-order valence-corrected chi connectivity index (χ0v) is 16.6. The number of thioether (sulfide) groups is 1. The van der Waals surface area contributed by atoms with Crippen LogP contribution in [-0.4, -0.2) is 33.8 Å². The van der Waals surface area contributed by atoms with Gasteiger partial charge in [-0.15, -0.1) is 10.2 Å². The third kappa shape index (κ3) is 4.98. The van der Waals surface area contributed by atoms with Crippen LogP contribution in [-0.2, 0) is 12.3 Å². The molecule has 0 aliphatic carbocycles. The van der Waals surface area contributed by atoms with E-state index in [0.717, 1.165) is 47.6 Å². The largest absolute Gasteiger partial charge is 0.305 e. The predicted molar refractivity (Wildman–Crippen MR) is 103 cm³/mol. The molecule has 2 rings (SSSR count). The van der Waals surface area contributed by atoms with Gasteiger partial charge in [0, 0.05) is 17.3 Å². The van der Waals surface area contributed by atoms with Crippen LogP contribution in [0.15, 0.2) is 29.4 Å². The van der Waals surface area contributed by atoms with E-state index in [1.54, 1.807) is 11.8 Å². The first-order valence-corrected chi connectivity index (χ1v) is 9.89. The van der Waals surface area contributed by atoms with Gasteiger partial charge in [0.05, 0.1) is 6.04 Å².